The standard InChI is InChI=1S/C8H15O3P/c1-11-8(9)7-3-5-12(2,10)6-4-7/h7H,3-6H2,1-2H3. The van der Waals surface area contributed by atoms with Gasteiger partial charge in [-0.05, 0) is 19.5 Å². The zero-order chi connectivity index (χ0) is 9.19. The first kappa shape index (κ1) is 9.79. The average Bonchev–Trinajstić information content (AvgIpc) is 2.03. The fourth-order valence-corrected chi connectivity index (χ4v) is 3.46. The van der Waals surface area contributed by atoms with Gasteiger partial charge in [-0.2, -0.15) is 0 Å². The molecular formula is C8H15O3P. The fourth-order valence-electron chi connectivity index (χ4n) is 1.52. The van der Waals surface area contributed by atoms with Gasteiger partial charge in [0.2, 0.25) is 0 Å². The van der Waals surface area contributed by atoms with Gasteiger partial charge in [0.15, 0.2) is 0 Å². The highest BCUT2D eigenvalue weighted by atomic mass is 31.2. The second-order valence-electron chi connectivity index (χ2n) is 3.54. The molecule has 70 valence electrons. The molecule has 0 aromatic heterocycles. The lowest BCUT2D eigenvalue weighted by Crippen LogP contribution is -2.22. The first-order valence-electron chi connectivity index (χ1n) is 4.18. The van der Waals surface area contributed by atoms with Crippen molar-refractivity contribution in [3.63, 3.8) is 0 Å². The maximum atomic E-state index is 11.5. The predicted octanol–water partition coefficient (Wildman–Crippen LogP) is 1.56. The van der Waals surface area contributed by atoms with E-state index in [4.69, 9.17) is 0 Å². The molecule has 1 rings (SSSR count). The van der Waals surface area contributed by atoms with Gasteiger partial charge in [0, 0.05) is 12.3 Å². The van der Waals surface area contributed by atoms with Crippen LogP contribution in [0.15, 0.2) is 0 Å². The average molecular weight is 190 g/mol. The Morgan fingerprint density at radius 3 is 2.33 bits per heavy atom. The highest BCUT2D eigenvalue weighted by Gasteiger charge is 2.30. The van der Waals surface area contributed by atoms with Crippen LogP contribution in [0.3, 0.4) is 0 Å². The number of carbonyl (C=O) groups excluding carboxylic acids is 1. The maximum Gasteiger partial charge on any atom is 0.308 e. The van der Waals surface area contributed by atoms with Crippen molar-refractivity contribution < 1.29 is 14.1 Å². The van der Waals surface area contributed by atoms with E-state index in [1.165, 1.54) is 7.11 Å². The first-order chi connectivity index (χ1) is 5.55. The highest BCUT2D eigenvalue weighted by molar-refractivity contribution is 7.63. The predicted molar refractivity (Wildman–Crippen MR) is 48.0 cm³/mol. The van der Waals surface area contributed by atoms with Crippen molar-refractivity contribution in [2.24, 2.45) is 5.92 Å². The van der Waals surface area contributed by atoms with E-state index >= 15 is 0 Å². The van der Waals surface area contributed by atoms with Gasteiger partial charge in [-0.15, -0.1) is 0 Å². The van der Waals surface area contributed by atoms with Crippen molar-refractivity contribution >= 4 is 13.1 Å². The number of methoxy groups -OCH3 is 1. The zero-order valence-electron chi connectivity index (χ0n) is 7.58. The smallest absolute Gasteiger partial charge is 0.308 e. The maximum absolute atomic E-state index is 11.5. The van der Waals surface area contributed by atoms with Crippen LogP contribution < -0.4 is 0 Å². The van der Waals surface area contributed by atoms with E-state index in [1.807, 2.05) is 6.66 Å². The Kier molecular flexibility index (Phi) is 2.94. The van der Waals surface area contributed by atoms with E-state index in [2.05, 4.69) is 4.74 Å². The van der Waals surface area contributed by atoms with E-state index in [-0.39, 0.29) is 11.9 Å². The largest absolute Gasteiger partial charge is 0.469 e. The molecule has 1 saturated heterocycles. The summed E-state index contributed by atoms with van der Waals surface area (Å²) < 4.78 is 16.2. The van der Waals surface area contributed by atoms with Crippen LogP contribution >= 0.6 is 7.14 Å². The summed E-state index contributed by atoms with van der Waals surface area (Å²) in [6.45, 7) is 1.82. The van der Waals surface area contributed by atoms with E-state index in [9.17, 15) is 9.36 Å². The Labute approximate surface area is 72.9 Å². The van der Waals surface area contributed by atoms with Crippen molar-refractivity contribution in [1.29, 1.82) is 0 Å². The van der Waals surface area contributed by atoms with Crippen molar-refractivity contribution in [2.45, 2.75) is 12.8 Å². The van der Waals surface area contributed by atoms with E-state index < -0.39 is 7.14 Å². The molecule has 0 spiro atoms. The van der Waals surface area contributed by atoms with Crippen LogP contribution in [-0.2, 0) is 14.1 Å². The Hall–Kier alpha value is -0.300. The van der Waals surface area contributed by atoms with Gasteiger partial charge in [0.05, 0.1) is 20.2 Å². The number of rotatable bonds is 1. The summed E-state index contributed by atoms with van der Waals surface area (Å²) in [5, 5.41) is 0. The molecule has 1 aliphatic heterocycles. The van der Waals surface area contributed by atoms with Crippen LogP contribution in [0.1, 0.15) is 12.8 Å². The minimum atomic E-state index is -1.88. The number of hydrogen-bond acceptors (Lipinski definition) is 3. The van der Waals surface area contributed by atoms with Crippen LogP contribution in [0.25, 0.3) is 0 Å². The monoisotopic (exact) mass is 190 g/mol. The number of esters is 1. The second-order valence-corrected chi connectivity index (χ2v) is 7.03. The summed E-state index contributed by atoms with van der Waals surface area (Å²) in [7, 11) is -0.477. The van der Waals surface area contributed by atoms with E-state index in [1.54, 1.807) is 0 Å². The molecule has 0 unspecified atom stereocenters. The fraction of sp³-hybridized carbons (Fsp3) is 0.875. The molecule has 0 amide bonds. The topological polar surface area (TPSA) is 43.4 Å². The number of carbonyl (C=O) groups is 1. The van der Waals surface area contributed by atoms with Gasteiger partial charge >= 0.3 is 5.97 Å². The summed E-state index contributed by atoms with van der Waals surface area (Å²) in [4.78, 5) is 11.1. The molecule has 0 saturated carbocycles. The molecule has 1 heterocycles. The molecule has 0 aliphatic carbocycles. The van der Waals surface area contributed by atoms with Gasteiger partial charge in [-0.1, -0.05) is 0 Å². The highest BCUT2D eigenvalue weighted by Crippen LogP contribution is 2.48. The first-order valence-corrected chi connectivity index (χ1v) is 6.71. The van der Waals surface area contributed by atoms with Crippen molar-refractivity contribution in [2.75, 3.05) is 26.1 Å². The molecule has 0 N–H and O–H groups in total. The zero-order valence-corrected chi connectivity index (χ0v) is 8.47. The van der Waals surface area contributed by atoms with E-state index in [0.29, 0.717) is 12.3 Å². The normalized spacial score (nSPS) is 36.0. The summed E-state index contributed by atoms with van der Waals surface area (Å²) >= 11 is 0. The van der Waals surface area contributed by atoms with Gasteiger partial charge in [-0.3, -0.25) is 4.79 Å². The second kappa shape index (κ2) is 3.61. The van der Waals surface area contributed by atoms with Gasteiger partial charge < -0.3 is 9.30 Å². The third-order valence-corrected chi connectivity index (χ3v) is 4.84. The molecule has 12 heavy (non-hydrogen) atoms. The minimum Gasteiger partial charge on any atom is -0.469 e. The number of ether oxygens (including phenoxy) is 1. The molecule has 0 radical (unpaired) electrons. The Morgan fingerprint density at radius 1 is 1.42 bits per heavy atom. The van der Waals surface area contributed by atoms with Crippen LogP contribution in [0, 0.1) is 5.92 Å². The van der Waals surface area contributed by atoms with Crippen LogP contribution in [-0.4, -0.2) is 32.1 Å². The Morgan fingerprint density at radius 2 is 1.92 bits per heavy atom. The third-order valence-electron chi connectivity index (χ3n) is 2.44. The third kappa shape index (κ3) is 2.34. The lowest BCUT2D eigenvalue weighted by molar-refractivity contribution is -0.145. The van der Waals surface area contributed by atoms with Crippen LogP contribution in [0.4, 0.5) is 0 Å². The summed E-state index contributed by atoms with van der Waals surface area (Å²) in [6, 6.07) is 0. The summed E-state index contributed by atoms with van der Waals surface area (Å²) in [5.41, 5.74) is 0. The molecule has 4 heteroatoms. The summed E-state index contributed by atoms with van der Waals surface area (Å²) in [5.74, 6) is -0.147. The van der Waals surface area contributed by atoms with Crippen LogP contribution in [0.5, 0.6) is 0 Å². The van der Waals surface area contributed by atoms with Gasteiger partial charge in [0.25, 0.3) is 0 Å². The van der Waals surface area contributed by atoms with Crippen molar-refractivity contribution in [1.82, 2.24) is 0 Å². The molecule has 0 aromatic rings. The van der Waals surface area contributed by atoms with Gasteiger partial charge in [0.1, 0.15) is 0 Å². The SMILES string of the molecule is COC(=O)C1CCP(C)(=O)CC1. The molecule has 3 nitrogen and oxygen atoms in total. The van der Waals surface area contributed by atoms with Gasteiger partial charge in [-0.25, -0.2) is 0 Å². The number of hydrogen-bond donors (Lipinski definition) is 0. The van der Waals surface area contributed by atoms with Crippen molar-refractivity contribution in [3.8, 4) is 0 Å². The molecule has 0 aromatic carbocycles. The molecule has 1 fully saturated rings. The molecular weight excluding hydrogens is 175 g/mol. The minimum absolute atomic E-state index is 0.00275. The summed E-state index contributed by atoms with van der Waals surface area (Å²) in [6.07, 6.45) is 2.88. The lowest BCUT2D eigenvalue weighted by atomic mass is 10.0. The van der Waals surface area contributed by atoms with E-state index in [0.717, 1.165) is 12.8 Å². The quantitative estimate of drug-likeness (QED) is 0.465. The molecule has 0 bridgehead atoms. The van der Waals surface area contributed by atoms with Crippen LogP contribution in [0.2, 0.25) is 0 Å². The Bertz CT molecular complexity index is 212. The molecule has 1 aliphatic rings. The van der Waals surface area contributed by atoms with Crippen molar-refractivity contribution in [3.05, 3.63) is 0 Å². The Balaban J connectivity index is 2.46. The lowest BCUT2D eigenvalue weighted by Gasteiger charge is -2.24. The molecule has 0 atom stereocenters.